The maximum Gasteiger partial charge on any atom is 0.137 e. The molecule has 0 spiro atoms. The summed E-state index contributed by atoms with van der Waals surface area (Å²) in [5.74, 6) is 1.79. The number of nitrogens with two attached hydrogens (primary N) is 1. The molecule has 0 heterocycles. The molecule has 2 N–H and O–H groups in total. The van der Waals surface area contributed by atoms with E-state index in [1.807, 2.05) is 30.3 Å². The Labute approximate surface area is 143 Å². The normalized spacial score (nSPS) is 12.0. The molecule has 2 aromatic rings. The van der Waals surface area contributed by atoms with Crippen molar-refractivity contribution in [1.82, 2.24) is 0 Å². The SMILES string of the molecule is CCCOc1ccc(CC(CN)c2ccccc2OC)cc1Cl. The number of para-hydroxylation sites is 1. The van der Waals surface area contributed by atoms with Crippen LogP contribution >= 0.6 is 11.6 Å². The molecule has 0 aliphatic carbocycles. The van der Waals surface area contributed by atoms with Crippen molar-refractivity contribution in [2.24, 2.45) is 5.73 Å². The van der Waals surface area contributed by atoms with Gasteiger partial charge in [-0.25, -0.2) is 0 Å². The Morgan fingerprint density at radius 1 is 1.13 bits per heavy atom. The predicted octanol–water partition coefficient (Wildman–Crippen LogP) is 4.42. The number of halogens is 1. The lowest BCUT2D eigenvalue weighted by Crippen LogP contribution is -2.16. The molecule has 2 rings (SSSR count). The van der Waals surface area contributed by atoms with Crippen LogP contribution in [0.3, 0.4) is 0 Å². The third-order valence-corrected chi connectivity index (χ3v) is 4.10. The van der Waals surface area contributed by atoms with Crippen LogP contribution in [0.15, 0.2) is 42.5 Å². The Hall–Kier alpha value is -1.71. The van der Waals surface area contributed by atoms with Crippen LogP contribution in [0.4, 0.5) is 0 Å². The van der Waals surface area contributed by atoms with E-state index in [9.17, 15) is 0 Å². The van der Waals surface area contributed by atoms with Crippen LogP contribution in [0.1, 0.15) is 30.4 Å². The molecular formula is C19H24ClNO2. The van der Waals surface area contributed by atoms with E-state index in [1.54, 1.807) is 7.11 Å². The lowest BCUT2D eigenvalue weighted by molar-refractivity contribution is 0.317. The van der Waals surface area contributed by atoms with Crippen molar-refractivity contribution in [1.29, 1.82) is 0 Å². The molecule has 0 bridgehead atoms. The molecule has 0 aliphatic rings. The Kier molecular flexibility index (Phi) is 6.75. The van der Waals surface area contributed by atoms with Crippen molar-refractivity contribution in [2.75, 3.05) is 20.3 Å². The molecule has 1 atom stereocenters. The molecule has 0 saturated heterocycles. The highest BCUT2D eigenvalue weighted by molar-refractivity contribution is 6.32. The summed E-state index contributed by atoms with van der Waals surface area (Å²) in [5, 5.41) is 0.645. The van der Waals surface area contributed by atoms with Gasteiger partial charge in [0.1, 0.15) is 11.5 Å². The second-order valence-corrected chi connectivity index (χ2v) is 5.90. The molecule has 0 radical (unpaired) electrons. The van der Waals surface area contributed by atoms with Crippen LogP contribution < -0.4 is 15.2 Å². The number of benzene rings is 2. The average Bonchev–Trinajstić information content (AvgIpc) is 2.59. The summed E-state index contributed by atoms with van der Waals surface area (Å²) in [6.07, 6.45) is 1.77. The maximum absolute atomic E-state index is 6.32. The minimum atomic E-state index is 0.185. The number of hydrogen-bond donors (Lipinski definition) is 1. The Balaban J connectivity index is 2.17. The van der Waals surface area contributed by atoms with E-state index >= 15 is 0 Å². The number of rotatable bonds is 8. The van der Waals surface area contributed by atoms with Gasteiger partial charge in [0, 0.05) is 5.92 Å². The van der Waals surface area contributed by atoms with Crippen LogP contribution in [0.25, 0.3) is 0 Å². The second-order valence-electron chi connectivity index (χ2n) is 5.49. The Bertz CT molecular complexity index is 631. The fourth-order valence-corrected chi connectivity index (χ4v) is 2.87. The van der Waals surface area contributed by atoms with Gasteiger partial charge in [0.05, 0.1) is 18.7 Å². The van der Waals surface area contributed by atoms with Crippen LogP contribution in [-0.2, 0) is 6.42 Å². The predicted molar refractivity (Wildman–Crippen MR) is 95.7 cm³/mol. The highest BCUT2D eigenvalue weighted by Crippen LogP contribution is 2.31. The highest BCUT2D eigenvalue weighted by Gasteiger charge is 2.16. The van der Waals surface area contributed by atoms with E-state index in [1.165, 1.54) is 0 Å². The minimum Gasteiger partial charge on any atom is -0.496 e. The molecule has 0 saturated carbocycles. The van der Waals surface area contributed by atoms with Crippen LogP contribution in [0.2, 0.25) is 5.02 Å². The zero-order valence-corrected chi connectivity index (χ0v) is 14.5. The largest absolute Gasteiger partial charge is 0.496 e. The first-order valence-corrected chi connectivity index (χ1v) is 8.31. The molecule has 0 amide bonds. The third kappa shape index (κ3) is 4.63. The molecule has 3 nitrogen and oxygen atoms in total. The van der Waals surface area contributed by atoms with Gasteiger partial charge < -0.3 is 15.2 Å². The molecule has 23 heavy (non-hydrogen) atoms. The standard InChI is InChI=1S/C19H24ClNO2/c1-3-10-23-19-9-8-14(12-17(19)20)11-15(13-21)16-6-4-5-7-18(16)22-2/h4-9,12,15H,3,10-11,13,21H2,1-2H3. The summed E-state index contributed by atoms with van der Waals surface area (Å²) in [7, 11) is 1.68. The fraction of sp³-hybridized carbons (Fsp3) is 0.368. The van der Waals surface area contributed by atoms with Crippen molar-refractivity contribution >= 4 is 11.6 Å². The fourth-order valence-electron chi connectivity index (χ4n) is 2.61. The molecule has 124 valence electrons. The minimum absolute atomic E-state index is 0.185. The summed E-state index contributed by atoms with van der Waals surface area (Å²) in [5.41, 5.74) is 8.26. The topological polar surface area (TPSA) is 44.5 Å². The molecule has 0 aliphatic heterocycles. The highest BCUT2D eigenvalue weighted by atomic mass is 35.5. The third-order valence-electron chi connectivity index (χ3n) is 3.80. The van der Waals surface area contributed by atoms with Crippen molar-refractivity contribution in [3.8, 4) is 11.5 Å². The van der Waals surface area contributed by atoms with Gasteiger partial charge in [-0.15, -0.1) is 0 Å². The van der Waals surface area contributed by atoms with Gasteiger partial charge in [-0.2, -0.15) is 0 Å². The van der Waals surface area contributed by atoms with Crippen LogP contribution in [0.5, 0.6) is 11.5 Å². The lowest BCUT2D eigenvalue weighted by Gasteiger charge is -2.19. The molecular weight excluding hydrogens is 310 g/mol. The molecule has 0 aromatic heterocycles. The van der Waals surface area contributed by atoms with Gasteiger partial charge in [-0.05, 0) is 48.7 Å². The van der Waals surface area contributed by atoms with Gasteiger partial charge in [0.25, 0.3) is 0 Å². The first-order chi connectivity index (χ1) is 11.2. The van der Waals surface area contributed by atoms with E-state index in [4.69, 9.17) is 26.8 Å². The summed E-state index contributed by atoms with van der Waals surface area (Å²) in [6, 6.07) is 14.0. The summed E-state index contributed by atoms with van der Waals surface area (Å²) >= 11 is 6.32. The van der Waals surface area contributed by atoms with Crippen LogP contribution in [-0.4, -0.2) is 20.3 Å². The molecule has 4 heteroatoms. The van der Waals surface area contributed by atoms with E-state index in [0.717, 1.165) is 35.5 Å². The number of hydrogen-bond acceptors (Lipinski definition) is 3. The monoisotopic (exact) mass is 333 g/mol. The van der Waals surface area contributed by atoms with Crippen molar-refractivity contribution in [3.05, 3.63) is 58.6 Å². The Morgan fingerprint density at radius 3 is 2.57 bits per heavy atom. The van der Waals surface area contributed by atoms with E-state index in [2.05, 4.69) is 19.1 Å². The van der Waals surface area contributed by atoms with Gasteiger partial charge in [0.2, 0.25) is 0 Å². The van der Waals surface area contributed by atoms with Gasteiger partial charge in [-0.1, -0.05) is 42.8 Å². The number of methoxy groups -OCH3 is 1. The first kappa shape index (κ1) is 17.6. The quantitative estimate of drug-likeness (QED) is 0.777. The second kappa shape index (κ2) is 8.80. The van der Waals surface area contributed by atoms with E-state index < -0.39 is 0 Å². The summed E-state index contributed by atoms with van der Waals surface area (Å²) in [4.78, 5) is 0. The molecule has 2 aromatic carbocycles. The maximum atomic E-state index is 6.32. The zero-order chi connectivity index (χ0) is 16.7. The van der Waals surface area contributed by atoms with Crippen LogP contribution in [0, 0.1) is 0 Å². The summed E-state index contributed by atoms with van der Waals surface area (Å²) in [6.45, 7) is 3.29. The molecule has 1 unspecified atom stereocenters. The zero-order valence-electron chi connectivity index (χ0n) is 13.7. The van der Waals surface area contributed by atoms with Crippen molar-refractivity contribution < 1.29 is 9.47 Å². The van der Waals surface area contributed by atoms with Gasteiger partial charge in [-0.3, -0.25) is 0 Å². The average molecular weight is 334 g/mol. The molecule has 0 fully saturated rings. The first-order valence-electron chi connectivity index (χ1n) is 7.93. The van der Waals surface area contributed by atoms with Crippen molar-refractivity contribution in [3.63, 3.8) is 0 Å². The van der Waals surface area contributed by atoms with Gasteiger partial charge >= 0.3 is 0 Å². The van der Waals surface area contributed by atoms with E-state index in [0.29, 0.717) is 18.2 Å². The Morgan fingerprint density at radius 2 is 1.91 bits per heavy atom. The number of ether oxygens (including phenoxy) is 2. The van der Waals surface area contributed by atoms with Gasteiger partial charge in [0.15, 0.2) is 0 Å². The smallest absolute Gasteiger partial charge is 0.137 e. The lowest BCUT2D eigenvalue weighted by atomic mass is 9.91. The summed E-state index contributed by atoms with van der Waals surface area (Å²) < 4.78 is 11.1. The van der Waals surface area contributed by atoms with Crippen molar-refractivity contribution in [2.45, 2.75) is 25.7 Å². The van der Waals surface area contributed by atoms with E-state index in [-0.39, 0.29) is 5.92 Å².